The number of fused-ring (bicyclic) bond motifs is 1. The second kappa shape index (κ2) is 7.77. The predicted octanol–water partition coefficient (Wildman–Crippen LogP) is 4.67. The quantitative estimate of drug-likeness (QED) is 0.582. The zero-order valence-electron chi connectivity index (χ0n) is 14.9. The van der Waals surface area contributed by atoms with E-state index in [1.54, 1.807) is 48.5 Å². The summed E-state index contributed by atoms with van der Waals surface area (Å²) in [4.78, 5) is 26.6. The molecule has 0 radical (unpaired) electrons. The van der Waals surface area contributed by atoms with Crippen LogP contribution in [0.4, 0.5) is 5.69 Å². The number of nitrogens with one attached hydrogen (secondary N) is 1. The van der Waals surface area contributed by atoms with Crippen molar-refractivity contribution in [2.24, 2.45) is 0 Å². The van der Waals surface area contributed by atoms with Gasteiger partial charge in [0.1, 0.15) is 16.4 Å². The summed E-state index contributed by atoms with van der Waals surface area (Å²) in [6.45, 7) is 0. The summed E-state index contributed by atoms with van der Waals surface area (Å²) in [5, 5.41) is 12.5. The second-order valence-corrected chi connectivity index (χ2v) is 8.64. The zero-order chi connectivity index (χ0) is 20.5. The van der Waals surface area contributed by atoms with Crippen LogP contribution in [0.1, 0.15) is 20.7 Å². The molecular weight excluding hydrogens is 454 g/mol. The van der Waals surface area contributed by atoms with E-state index >= 15 is 0 Å². The Morgan fingerprint density at radius 1 is 0.793 bits per heavy atom. The Kier molecular flexibility index (Phi) is 5.17. The first-order chi connectivity index (χ1) is 14.0. The molecule has 1 aliphatic rings. The average Bonchev–Trinajstić information content (AvgIpc) is 2.73. The molecule has 0 saturated carbocycles. The highest BCUT2D eigenvalue weighted by atomic mass is 79.9. The van der Waals surface area contributed by atoms with E-state index in [0.29, 0.717) is 10.6 Å². The van der Waals surface area contributed by atoms with Gasteiger partial charge in [-0.3, -0.25) is 9.59 Å². The molecule has 144 valence electrons. The van der Waals surface area contributed by atoms with Crippen LogP contribution >= 0.6 is 15.9 Å². The molecule has 0 bridgehead atoms. The summed E-state index contributed by atoms with van der Waals surface area (Å²) in [5.74, 6) is -0.846. The van der Waals surface area contributed by atoms with Crippen LogP contribution < -0.4 is 5.32 Å². The third-order valence-electron chi connectivity index (χ3n) is 4.43. The van der Waals surface area contributed by atoms with Crippen LogP contribution in [-0.2, 0) is 10.8 Å². The van der Waals surface area contributed by atoms with Gasteiger partial charge in [0.15, 0.2) is 0 Å². The van der Waals surface area contributed by atoms with Gasteiger partial charge in [-0.25, -0.2) is 4.21 Å². The van der Waals surface area contributed by atoms with Crippen LogP contribution in [0.25, 0.3) is 0 Å². The Labute approximate surface area is 177 Å². The molecular formula is C22H14BrNO4S. The van der Waals surface area contributed by atoms with Crippen LogP contribution in [0.5, 0.6) is 5.75 Å². The van der Waals surface area contributed by atoms with E-state index in [0.717, 1.165) is 4.47 Å². The number of anilines is 1. The first kappa shape index (κ1) is 19.3. The van der Waals surface area contributed by atoms with Crippen LogP contribution in [0.15, 0.2) is 92.8 Å². The number of hydrogen-bond donors (Lipinski definition) is 2. The summed E-state index contributed by atoms with van der Waals surface area (Å²) in [6.07, 6.45) is 0. The lowest BCUT2D eigenvalue weighted by Crippen LogP contribution is -2.28. The highest BCUT2D eigenvalue weighted by Crippen LogP contribution is 2.32. The zero-order valence-corrected chi connectivity index (χ0v) is 17.3. The van der Waals surface area contributed by atoms with E-state index in [1.165, 1.54) is 24.3 Å². The van der Waals surface area contributed by atoms with Crippen LogP contribution in [0.2, 0.25) is 0 Å². The lowest BCUT2D eigenvalue weighted by atomic mass is 9.92. The van der Waals surface area contributed by atoms with E-state index in [1.807, 2.05) is 0 Å². The minimum absolute atomic E-state index is 0.0116. The molecule has 1 atom stereocenters. The molecule has 0 amide bonds. The normalized spacial score (nSPS) is 14.5. The number of phenols is 1. The van der Waals surface area contributed by atoms with Gasteiger partial charge in [-0.05, 0) is 48.5 Å². The summed E-state index contributed by atoms with van der Waals surface area (Å²) < 4.78 is 14.1. The van der Waals surface area contributed by atoms with E-state index in [2.05, 4.69) is 21.2 Å². The number of carbonyl (C=O) groups is 2. The molecule has 4 rings (SSSR count). The number of aromatic hydroxyl groups is 1. The number of allylic oxidation sites excluding steroid dienone is 2. The number of hydrogen-bond acceptors (Lipinski definition) is 5. The highest BCUT2D eigenvalue weighted by Gasteiger charge is 2.35. The molecule has 2 N–H and O–H groups in total. The molecule has 0 fully saturated rings. The molecule has 3 aromatic carbocycles. The molecule has 29 heavy (non-hydrogen) atoms. The second-order valence-electron chi connectivity index (χ2n) is 6.30. The molecule has 5 nitrogen and oxygen atoms in total. The van der Waals surface area contributed by atoms with Crippen molar-refractivity contribution >= 4 is 44.0 Å². The number of Topliss-reactive ketones (excluding diaryl/α,β-unsaturated/α-hetero) is 2. The van der Waals surface area contributed by atoms with Crippen molar-refractivity contribution in [2.45, 2.75) is 4.90 Å². The van der Waals surface area contributed by atoms with Gasteiger partial charge in [0, 0.05) is 26.2 Å². The van der Waals surface area contributed by atoms with Gasteiger partial charge in [0.05, 0.1) is 10.8 Å². The lowest BCUT2D eigenvalue weighted by Gasteiger charge is -2.21. The summed E-state index contributed by atoms with van der Waals surface area (Å²) in [7, 11) is -1.92. The number of ketones is 2. The largest absolute Gasteiger partial charge is 0.508 e. The van der Waals surface area contributed by atoms with Crippen LogP contribution in [0.3, 0.4) is 0 Å². The average molecular weight is 468 g/mol. The first-order valence-corrected chi connectivity index (χ1v) is 10.6. The van der Waals surface area contributed by atoms with Gasteiger partial charge in [-0.2, -0.15) is 0 Å². The van der Waals surface area contributed by atoms with Crippen molar-refractivity contribution < 1.29 is 18.9 Å². The van der Waals surface area contributed by atoms with Crippen molar-refractivity contribution in [1.82, 2.24) is 0 Å². The minimum atomic E-state index is -1.92. The molecule has 1 aliphatic carbocycles. The Morgan fingerprint density at radius 3 is 2.00 bits per heavy atom. The molecule has 3 aromatic rings. The maximum Gasteiger partial charge on any atom is 0.211 e. The lowest BCUT2D eigenvalue weighted by molar-refractivity contribution is 0.0982. The third-order valence-corrected chi connectivity index (χ3v) is 6.42. The van der Waals surface area contributed by atoms with Gasteiger partial charge in [-0.15, -0.1) is 0 Å². The highest BCUT2D eigenvalue weighted by molar-refractivity contribution is 9.10. The topological polar surface area (TPSA) is 83.5 Å². The first-order valence-electron chi connectivity index (χ1n) is 8.62. The number of halogens is 1. The van der Waals surface area contributed by atoms with Crippen LogP contribution in [0, 0.1) is 0 Å². The molecule has 0 aliphatic heterocycles. The third kappa shape index (κ3) is 3.66. The Bertz CT molecular complexity index is 1180. The monoisotopic (exact) mass is 467 g/mol. The standard InChI is InChI=1S/C22H14BrNO4S/c23-13-5-7-14(8-6-13)24-19-20(26)17-3-1-2-4-18(17)21(27)22(19)29(28)16-11-9-15(25)10-12-16/h1-12,24-25H. The van der Waals surface area contributed by atoms with Gasteiger partial charge in [0.2, 0.25) is 11.6 Å². The molecule has 0 spiro atoms. The fraction of sp³-hybridized carbons (Fsp3) is 0. The number of benzene rings is 3. The molecule has 1 unspecified atom stereocenters. The number of carbonyl (C=O) groups excluding carboxylic acids is 2. The maximum atomic E-state index is 13.3. The smallest absolute Gasteiger partial charge is 0.211 e. The van der Waals surface area contributed by atoms with E-state index < -0.39 is 22.4 Å². The number of rotatable bonds is 4. The summed E-state index contributed by atoms with van der Waals surface area (Å²) >= 11 is 3.36. The van der Waals surface area contributed by atoms with Crippen molar-refractivity contribution in [3.63, 3.8) is 0 Å². The van der Waals surface area contributed by atoms with Crippen molar-refractivity contribution in [2.75, 3.05) is 5.32 Å². The van der Waals surface area contributed by atoms with Gasteiger partial charge < -0.3 is 10.4 Å². The molecule has 0 heterocycles. The fourth-order valence-corrected chi connectivity index (χ4v) is 4.50. The van der Waals surface area contributed by atoms with Crippen molar-refractivity contribution in [3.05, 3.63) is 99.0 Å². The Morgan fingerprint density at radius 2 is 1.38 bits per heavy atom. The van der Waals surface area contributed by atoms with Gasteiger partial charge in [-0.1, -0.05) is 40.2 Å². The van der Waals surface area contributed by atoms with Crippen LogP contribution in [-0.4, -0.2) is 20.9 Å². The van der Waals surface area contributed by atoms with Crippen molar-refractivity contribution in [3.8, 4) is 5.75 Å². The van der Waals surface area contributed by atoms with E-state index in [-0.39, 0.29) is 27.5 Å². The van der Waals surface area contributed by atoms with E-state index in [9.17, 15) is 18.9 Å². The molecule has 0 aromatic heterocycles. The SMILES string of the molecule is O=C1C(Nc2ccc(Br)cc2)=C(S(=O)c2ccc(O)cc2)C(=O)c2ccccc21. The van der Waals surface area contributed by atoms with Crippen molar-refractivity contribution in [1.29, 1.82) is 0 Å². The van der Waals surface area contributed by atoms with Gasteiger partial charge >= 0.3 is 0 Å². The van der Waals surface area contributed by atoms with E-state index in [4.69, 9.17) is 0 Å². The molecule has 0 saturated heterocycles. The Hall–Kier alpha value is -3.03. The number of phenolic OH excluding ortho intramolecular Hbond substituents is 1. The predicted molar refractivity (Wildman–Crippen MR) is 114 cm³/mol. The maximum absolute atomic E-state index is 13.3. The summed E-state index contributed by atoms with van der Waals surface area (Å²) in [5.41, 5.74) is 1.07. The van der Waals surface area contributed by atoms with Gasteiger partial charge in [0.25, 0.3) is 0 Å². The fourth-order valence-electron chi connectivity index (χ4n) is 3.01. The minimum Gasteiger partial charge on any atom is -0.508 e. The molecule has 7 heteroatoms. The Balaban J connectivity index is 1.87. The summed E-state index contributed by atoms with van der Waals surface area (Å²) in [6, 6.07) is 19.3.